The molecule has 0 saturated heterocycles. The Hall–Kier alpha value is -1.73. The first-order chi connectivity index (χ1) is 15.9. The summed E-state index contributed by atoms with van der Waals surface area (Å²) in [4.78, 5) is 18.1. The van der Waals surface area contributed by atoms with Gasteiger partial charge in [-0.3, -0.25) is 4.79 Å². The Bertz CT molecular complexity index is 1020. The van der Waals surface area contributed by atoms with Crippen molar-refractivity contribution < 1.29 is 18.7 Å². The van der Waals surface area contributed by atoms with Crippen LogP contribution in [0.25, 0.3) is 0 Å². The third-order valence-corrected chi connectivity index (χ3v) is 8.64. The Morgan fingerprint density at radius 3 is 2.33 bits per heavy atom. The van der Waals surface area contributed by atoms with E-state index in [1.54, 1.807) is 12.1 Å². The maximum Gasteiger partial charge on any atom is 0.316 e. The zero-order valence-corrected chi connectivity index (χ0v) is 21.0. The van der Waals surface area contributed by atoms with Crippen LogP contribution in [0, 0.1) is 24.6 Å². The van der Waals surface area contributed by atoms with Gasteiger partial charge in [0.1, 0.15) is 21.8 Å². The quantitative estimate of drug-likeness (QED) is 0.413. The van der Waals surface area contributed by atoms with Gasteiger partial charge in [0, 0.05) is 12.2 Å². The molecule has 3 aliphatic rings. The zero-order chi connectivity index (χ0) is 23.2. The minimum Gasteiger partial charge on any atom is -0.468 e. The molecular weight excluding hydrogens is 487 g/mol. The number of esters is 1. The number of aromatic nitrogens is 2. The SMILES string of the molecule is COC(=O)[C@]1(c2ccc(F)cc2)CC[C@@](OCC2CC2)(c2nc(Br)c(C)n2CC2CC2)CC1. The number of carbonyl (C=O) groups is 1. The molecular formula is C26H32BrFN2O3. The predicted molar refractivity (Wildman–Crippen MR) is 126 cm³/mol. The lowest BCUT2D eigenvalue weighted by Crippen LogP contribution is -2.47. The largest absolute Gasteiger partial charge is 0.468 e. The van der Waals surface area contributed by atoms with Crippen LogP contribution in [0.4, 0.5) is 4.39 Å². The highest BCUT2D eigenvalue weighted by Crippen LogP contribution is 2.51. The summed E-state index contributed by atoms with van der Waals surface area (Å²) in [7, 11) is 1.43. The van der Waals surface area contributed by atoms with E-state index in [9.17, 15) is 9.18 Å². The van der Waals surface area contributed by atoms with Crippen molar-refractivity contribution in [3.63, 3.8) is 0 Å². The average Bonchev–Trinajstić information content (AvgIpc) is 3.75. The molecule has 0 N–H and O–H groups in total. The number of rotatable bonds is 8. The summed E-state index contributed by atoms with van der Waals surface area (Å²) in [6, 6.07) is 6.29. The summed E-state index contributed by atoms with van der Waals surface area (Å²) in [5, 5.41) is 0. The number of hydrogen-bond acceptors (Lipinski definition) is 4. The minimum atomic E-state index is -0.797. The number of benzene rings is 1. The molecule has 1 heterocycles. The summed E-state index contributed by atoms with van der Waals surface area (Å²) in [5.74, 6) is 1.75. The molecule has 3 saturated carbocycles. The van der Waals surface area contributed by atoms with Crippen molar-refractivity contribution in [2.75, 3.05) is 13.7 Å². The van der Waals surface area contributed by atoms with Crippen molar-refractivity contribution in [3.05, 3.63) is 51.8 Å². The molecule has 3 fully saturated rings. The lowest BCUT2D eigenvalue weighted by atomic mass is 9.64. The Kier molecular flexibility index (Phi) is 6.15. The van der Waals surface area contributed by atoms with Crippen LogP contribution in [0.1, 0.15) is 68.4 Å². The molecule has 5 nitrogen and oxygen atoms in total. The highest BCUT2D eigenvalue weighted by Gasteiger charge is 2.52. The molecule has 5 rings (SSSR count). The van der Waals surface area contributed by atoms with Crippen LogP contribution in [0.5, 0.6) is 0 Å². The van der Waals surface area contributed by atoms with E-state index in [0.29, 0.717) is 37.5 Å². The molecule has 1 aromatic carbocycles. The normalized spacial score (nSPS) is 27.5. The highest BCUT2D eigenvalue weighted by atomic mass is 79.9. The van der Waals surface area contributed by atoms with Gasteiger partial charge in [0.15, 0.2) is 0 Å². The van der Waals surface area contributed by atoms with E-state index in [1.807, 2.05) is 0 Å². The Morgan fingerprint density at radius 2 is 1.76 bits per heavy atom. The lowest BCUT2D eigenvalue weighted by molar-refractivity contribution is -0.155. The van der Waals surface area contributed by atoms with Gasteiger partial charge in [0.05, 0.1) is 19.1 Å². The van der Waals surface area contributed by atoms with Crippen LogP contribution in [0.3, 0.4) is 0 Å². The van der Waals surface area contributed by atoms with Gasteiger partial charge >= 0.3 is 5.97 Å². The molecule has 33 heavy (non-hydrogen) atoms. The molecule has 0 bridgehead atoms. The van der Waals surface area contributed by atoms with Crippen molar-refractivity contribution in [2.45, 2.75) is 75.9 Å². The fourth-order valence-electron chi connectivity index (χ4n) is 5.28. The van der Waals surface area contributed by atoms with Crippen LogP contribution >= 0.6 is 15.9 Å². The topological polar surface area (TPSA) is 53.4 Å². The van der Waals surface area contributed by atoms with Crippen LogP contribution in [0.15, 0.2) is 28.9 Å². The highest BCUT2D eigenvalue weighted by molar-refractivity contribution is 9.10. The van der Waals surface area contributed by atoms with Crippen LogP contribution < -0.4 is 0 Å². The van der Waals surface area contributed by atoms with Crippen LogP contribution in [0.2, 0.25) is 0 Å². The third-order valence-electron chi connectivity index (χ3n) is 7.88. The van der Waals surface area contributed by atoms with Crippen molar-refractivity contribution >= 4 is 21.9 Å². The number of imidazole rings is 1. The molecule has 0 unspecified atom stereocenters. The molecule has 0 aliphatic heterocycles. The average molecular weight is 519 g/mol. The molecule has 178 valence electrons. The Morgan fingerprint density at radius 1 is 1.12 bits per heavy atom. The monoisotopic (exact) mass is 518 g/mol. The molecule has 0 spiro atoms. The second kappa shape index (κ2) is 8.81. The molecule has 3 aliphatic carbocycles. The van der Waals surface area contributed by atoms with Gasteiger partial charge in [-0.2, -0.15) is 0 Å². The van der Waals surface area contributed by atoms with Gasteiger partial charge in [-0.05, 0) is 104 Å². The summed E-state index contributed by atoms with van der Waals surface area (Å²) in [6.07, 6.45) is 7.45. The molecule has 2 aromatic rings. The van der Waals surface area contributed by atoms with Gasteiger partial charge in [-0.15, -0.1) is 0 Å². The number of hydrogen-bond donors (Lipinski definition) is 0. The molecule has 7 heteroatoms. The summed E-state index contributed by atoms with van der Waals surface area (Å²) < 4.78 is 28.8. The van der Waals surface area contributed by atoms with Gasteiger partial charge in [0.2, 0.25) is 0 Å². The van der Waals surface area contributed by atoms with E-state index in [1.165, 1.54) is 44.9 Å². The van der Waals surface area contributed by atoms with Gasteiger partial charge in [-0.25, -0.2) is 9.37 Å². The van der Waals surface area contributed by atoms with Crippen molar-refractivity contribution in [2.24, 2.45) is 11.8 Å². The maximum absolute atomic E-state index is 13.6. The first-order valence-electron chi connectivity index (χ1n) is 12.1. The minimum absolute atomic E-state index is 0.261. The number of carbonyl (C=O) groups excluding carboxylic acids is 1. The fraction of sp³-hybridized carbons (Fsp3) is 0.615. The first kappa shape index (κ1) is 23.0. The van der Waals surface area contributed by atoms with Gasteiger partial charge < -0.3 is 14.0 Å². The predicted octanol–water partition coefficient (Wildman–Crippen LogP) is 5.81. The van der Waals surface area contributed by atoms with Crippen molar-refractivity contribution in [1.82, 2.24) is 9.55 Å². The molecule has 1 aromatic heterocycles. The number of methoxy groups -OCH3 is 1. The van der Waals surface area contributed by atoms with Gasteiger partial charge in [0.25, 0.3) is 0 Å². The Balaban J connectivity index is 1.50. The fourth-order valence-corrected chi connectivity index (χ4v) is 5.67. The summed E-state index contributed by atoms with van der Waals surface area (Å²) >= 11 is 3.66. The van der Waals surface area contributed by atoms with Crippen molar-refractivity contribution in [3.8, 4) is 0 Å². The summed E-state index contributed by atoms with van der Waals surface area (Å²) in [6.45, 7) is 3.81. The van der Waals surface area contributed by atoms with E-state index in [-0.39, 0.29) is 11.8 Å². The zero-order valence-electron chi connectivity index (χ0n) is 19.4. The van der Waals surface area contributed by atoms with E-state index in [4.69, 9.17) is 14.5 Å². The third kappa shape index (κ3) is 4.39. The standard InChI is InChI=1S/C26H32BrFN2O3/c1-17-22(27)29-23(30(17)15-18-3-4-18)26(33-16-19-5-6-19)13-11-25(12-14-26,24(31)32-2)20-7-9-21(28)10-8-20/h7-10,18-19H,3-6,11-16H2,1-2H3/t25-,26+. The van der Waals surface area contributed by atoms with E-state index in [0.717, 1.165) is 34.8 Å². The first-order valence-corrected chi connectivity index (χ1v) is 12.9. The molecule has 0 radical (unpaired) electrons. The van der Waals surface area contributed by atoms with E-state index < -0.39 is 11.0 Å². The second-order valence-corrected chi connectivity index (χ2v) is 10.9. The maximum atomic E-state index is 13.6. The molecule has 0 amide bonds. The Labute approximate surface area is 203 Å². The number of ether oxygens (including phenoxy) is 2. The lowest BCUT2D eigenvalue weighted by Gasteiger charge is -2.45. The van der Waals surface area contributed by atoms with E-state index in [2.05, 4.69) is 27.4 Å². The van der Waals surface area contributed by atoms with Gasteiger partial charge in [-0.1, -0.05) is 12.1 Å². The molecule has 0 atom stereocenters. The smallest absolute Gasteiger partial charge is 0.316 e. The summed E-state index contributed by atoms with van der Waals surface area (Å²) in [5.41, 5.74) is 0.612. The van der Waals surface area contributed by atoms with E-state index >= 15 is 0 Å². The van der Waals surface area contributed by atoms with Crippen molar-refractivity contribution in [1.29, 1.82) is 0 Å². The van der Waals surface area contributed by atoms with Crippen LogP contribution in [-0.4, -0.2) is 29.2 Å². The van der Waals surface area contributed by atoms with Crippen LogP contribution in [-0.2, 0) is 31.8 Å². The number of halogens is 2. The second-order valence-electron chi connectivity index (χ2n) is 10.2. The number of nitrogens with zero attached hydrogens (tertiary/aromatic N) is 2.